The molecule has 0 saturated heterocycles. The van der Waals surface area contributed by atoms with Gasteiger partial charge in [-0.15, -0.1) is 11.3 Å². The topological polar surface area (TPSA) is 24.9 Å². The molecule has 1 aromatic carbocycles. The highest BCUT2D eigenvalue weighted by molar-refractivity contribution is 7.11. The Morgan fingerprint density at radius 3 is 2.90 bits per heavy atom. The van der Waals surface area contributed by atoms with Crippen LogP contribution in [0.2, 0.25) is 0 Å². The third kappa shape index (κ3) is 3.87. The molecule has 0 spiro atoms. The average Bonchev–Trinajstić information content (AvgIpc) is 2.77. The standard InChI is InChI=1S/C16H21FN2S/c1-4-8-18-11(2)16-12(3)19-15(20-16)10-13-6-5-7-14(17)9-13/h5-7,9,11,18H,4,8,10H2,1-3H3. The maximum atomic E-state index is 13.2. The molecule has 0 aliphatic heterocycles. The predicted octanol–water partition coefficient (Wildman–Crippen LogP) is 4.24. The molecule has 1 N–H and O–H groups in total. The molecular formula is C16H21FN2S. The lowest BCUT2D eigenvalue weighted by Gasteiger charge is -2.11. The molecule has 108 valence electrons. The fourth-order valence-corrected chi connectivity index (χ4v) is 3.35. The van der Waals surface area contributed by atoms with Crippen molar-refractivity contribution in [1.82, 2.24) is 10.3 Å². The first-order valence-corrected chi connectivity index (χ1v) is 7.85. The largest absolute Gasteiger partial charge is 0.309 e. The van der Waals surface area contributed by atoms with Crippen LogP contribution in [0.5, 0.6) is 0 Å². The normalized spacial score (nSPS) is 12.6. The van der Waals surface area contributed by atoms with E-state index in [0.717, 1.165) is 29.2 Å². The van der Waals surface area contributed by atoms with Gasteiger partial charge < -0.3 is 5.32 Å². The van der Waals surface area contributed by atoms with Gasteiger partial charge in [-0.25, -0.2) is 9.37 Å². The molecule has 0 aliphatic carbocycles. The molecule has 1 atom stereocenters. The number of thiazole rings is 1. The summed E-state index contributed by atoms with van der Waals surface area (Å²) in [7, 11) is 0. The van der Waals surface area contributed by atoms with E-state index in [9.17, 15) is 4.39 Å². The van der Waals surface area contributed by atoms with Crippen LogP contribution < -0.4 is 5.32 Å². The minimum absolute atomic E-state index is 0.186. The summed E-state index contributed by atoms with van der Waals surface area (Å²) in [5.41, 5.74) is 2.05. The van der Waals surface area contributed by atoms with Crippen molar-refractivity contribution in [2.45, 2.75) is 39.7 Å². The number of benzene rings is 1. The minimum Gasteiger partial charge on any atom is -0.309 e. The van der Waals surface area contributed by atoms with E-state index in [1.807, 2.05) is 13.0 Å². The van der Waals surface area contributed by atoms with E-state index < -0.39 is 0 Å². The van der Waals surface area contributed by atoms with Crippen molar-refractivity contribution in [3.8, 4) is 0 Å². The molecule has 2 rings (SSSR count). The Bertz CT molecular complexity index is 565. The number of hydrogen-bond acceptors (Lipinski definition) is 3. The number of halogens is 1. The highest BCUT2D eigenvalue weighted by atomic mass is 32.1. The molecule has 0 aliphatic rings. The Labute approximate surface area is 124 Å². The molecule has 4 heteroatoms. The maximum Gasteiger partial charge on any atom is 0.123 e. The summed E-state index contributed by atoms with van der Waals surface area (Å²) in [5.74, 6) is -0.186. The van der Waals surface area contributed by atoms with Gasteiger partial charge in [-0.05, 0) is 44.5 Å². The van der Waals surface area contributed by atoms with E-state index in [1.54, 1.807) is 23.5 Å². The number of nitrogens with zero attached hydrogens (tertiary/aromatic N) is 1. The minimum atomic E-state index is -0.186. The molecule has 0 bridgehead atoms. The lowest BCUT2D eigenvalue weighted by atomic mass is 10.1. The lowest BCUT2D eigenvalue weighted by molar-refractivity contribution is 0.575. The molecular weight excluding hydrogens is 271 g/mol. The zero-order chi connectivity index (χ0) is 14.5. The van der Waals surface area contributed by atoms with Crippen molar-refractivity contribution in [3.05, 3.63) is 51.2 Å². The summed E-state index contributed by atoms with van der Waals surface area (Å²) in [4.78, 5) is 5.90. The van der Waals surface area contributed by atoms with E-state index in [-0.39, 0.29) is 5.82 Å². The van der Waals surface area contributed by atoms with Gasteiger partial charge in [0.25, 0.3) is 0 Å². The molecule has 1 aromatic heterocycles. The predicted molar refractivity (Wildman–Crippen MR) is 82.8 cm³/mol. The van der Waals surface area contributed by atoms with Crippen LogP contribution in [-0.4, -0.2) is 11.5 Å². The molecule has 20 heavy (non-hydrogen) atoms. The van der Waals surface area contributed by atoms with Gasteiger partial charge in [-0.1, -0.05) is 19.1 Å². The Morgan fingerprint density at radius 2 is 2.20 bits per heavy atom. The first kappa shape index (κ1) is 15.1. The molecule has 1 unspecified atom stereocenters. The summed E-state index contributed by atoms with van der Waals surface area (Å²) in [6, 6.07) is 7.07. The number of aromatic nitrogens is 1. The first-order chi connectivity index (χ1) is 9.60. The SMILES string of the molecule is CCCNC(C)c1sc(Cc2cccc(F)c2)nc1C. The fourth-order valence-electron chi connectivity index (χ4n) is 2.22. The first-order valence-electron chi connectivity index (χ1n) is 7.04. The van der Waals surface area contributed by atoms with E-state index in [1.165, 1.54) is 10.9 Å². The van der Waals surface area contributed by atoms with E-state index in [2.05, 4.69) is 24.1 Å². The van der Waals surface area contributed by atoms with Crippen molar-refractivity contribution in [2.24, 2.45) is 0 Å². The molecule has 0 saturated carbocycles. The van der Waals surface area contributed by atoms with Crippen LogP contribution in [0.15, 0.2) is 24.3 Å². The molecule has 2 nitrogen and oxygen atoms in total. The second-order valence-corrected chi connectivity index (χ2v) is 6.15. The fraction of sp³-hybridized carbons (Fsp3) is 0.438. The number of rotatable bonds is 6. The Hall–Kier alpha value is -1.26. The molecule has 0 fully saturated rings. The molecule has 0 amide bonds. The van der Waals surface area contributed by atoms with Gasteiger partial charge in [-0.3, -0.25) is 0 Å². The summed E-state index contributed by atoms with van der Waals surface area (Å²) >= 11 is 1.72. The number of hydrogen-bond donors (Lipinski definition) is 1. The van der Waals surface area contributed by atoms with Crippen molar-refractivity contribution < 1.29 is 4.39 Å². The quantitative estimate of drug-likeness (QED) is 0.861. The highest BCUT2D eigenvalue weighted by Gasteiger charge is 2.14. The number of aryl methyl sites for hydroxylation is 1. The van der Waals surface area contributed by atoms with Crippen LogP contribution in [0, 0.1) is 12.7 Å². The summed E-state index contributed by atoms with van der Waals surface area (Å²) in [5, 5.41) is 4.54. The van der Waals surface area contributed by atoms with Gasteiger partial charge in [0.15, 0.2) is 0 Å². The van der Waals surface area contributed by atoms with Gasteiger partial charge in [0.2, 0.25) is 0 Å². The van der Waals surface area contributed by atoms with Gasteiger partial charge in [-0.2, -0.15) is 0 Å². The second kappa shape index (κ2) is 6.95. The van der Waals surface area contributed by atoms with Crippen LogP contribution in [0.4, 0.5) is 4.39 Å². The van der Waals surface area contributed by atoms with Crippen molar-refractivity contribution in [1.29, 1.82) is 0 Å². The second-order valence-electron chi connectivity index (χ2n) is 5.04. The smallest absolute Gasteiger partial charge is 0.123 e. The Morgan fingerprint density at radius 1 is 1.40 bits per heavy atom. The highest BCUT2D eigenvalue weighted by Crippen LogP contribution is 2.26. The van der Waals surface area contributed by atoms with Crippen molar-refractivity contribution in [3.63, 3.8) is 0 Å². The van der Waals surface area contributed by atoms with Crippen LogP contribution in [0.3, 0.4) is 0 Å². The molecule has 2 aromatic rings. The molecule has 0 radical (unpaired) electrons. The Balaban J connectivity index is 2.10. The summed E-state index contributed by atoms with van der Waals surface area (Å²) in [6.45, 7) is 7.39. The number of nitrogens with one attached hydrogen (secondary N) is 1. The lowest BCUT2D eigenvalue weighted by Crippen LogP contribution is -2.18. The van der Waals surface area contributed by atoms with Gasteiger partial charge in [0, 0.05) is 17.3 Å². The van der Waals surface area contributed by atoms with Gasteiger partial charge in [0.05, 0.1) is 10.7 Å². The van der Waals surface area contributed by atoms with Crippen LogP contribution in [0.1, 0.15) is 47.5 Å². The zero-order valence-corrected chi connectivity index (χ0v) is 13.1. The van der Waals surface area contributed by atoms with E-state index >= 15 is 0 Å². The van der Waals surface area contributed by atoms with Gasteiger partial charge >= 0.3 is 0 Å². The van der Waals surface area contributed by atoms with E-state index in [4.69, 9.17) is 0 Å². The van der Waals surface area contributed by atoms with Crippen molar-refractivity contribution in [2.75, 3.05) is 6.54 Å². The van der Waals surface area contributed by atoms with Crippen LogP contribution in [-0.2, 0) is 6.42 Å². The third-order valence-corrected chi connectivity index (χ3v) is 4.56. The summed E-state index contributed by atoms with van der Waals surface area (Å²) in [6.07, 6.45) is 1.82. The zero-order valence-electron chi connectivity index (χ0n) is 12.2. The molecule has 1 heterocycles. The summed E-state index contributed by atoms with van der Waals surface area (Å²) < 4.78 is 13.2. The van der Waals surface area contributed by atoms with E-state index in [0.29, 0.717) is 12.5 Å². The van der Waals surface area contributed by atoms with Gasteiger partial charge in [0.1, 0.15) is 5.82 Å². The van der Waals surface area contributed by atoms with Crippen LogP contribution >= 0.6 is 11.3 Å². The third-order valence-electron chi connectivity index (χ3n) is 3.21. The monoisotopic (exact) mass is 292 g/mol. The average molecular weight is 292 g/mol. The maximum absolute atomic E-state index is 13.2. The van der Waals surface area contributed by atoms with Crippen molar-refractivity contribution >= 4 is 11.3 Å². The Kier molecular flexibility index (Phi) is 5.26. The van der Waals surface area contributed by atoms with Crippen LogP contribution in [0.25, 0.3) is 0 Å².